The van der Waals surface area contributed by atoms with Crippen LogP contribution in [0.4, 0.5) is 0 Å². The maximum Gasteiger partial charge on any atom is 0.0725 e. The molecule has 1 aliphatic rings. The molecule has 4 aromatic carbocycles. The molecule has 5 rings (SSSR count). The van der Waals surface area contributed by atoms with Crippen LogP contribution in [0.3, 0.4) is 0 Å². The maximum absolute atomic E-state index is 13.3. The second kappa shape index (κ2) is 13.5. The Hall–Kier alpha value is -2.34. The van der Waals surface area contributed by atoms with Gasteiger partial charge in [0.1, 0.15) is 0 Å². The van der Waals surface area contributed by atoms with E-state index >= 15 is 0 Å². The van der Waals surface area contributed by atoms with Crippen LogP contribution in [0, 0.1) is 7.43 Å². The minimum Gasteiger partial charge on any atom is -0.672 e. The molecule has 0 spiro atoms. The molecule has 192 valence electrons. The fourth-order valence-corrected chi connectivity index (χ4v) is 6.10. The molecule has 0 bridgehead atoms. The Morgan fingerprint density at radius 3 is 1.68 bits per heavy atom. The molecule has 0 saturated carbocycles. The fraction of sp³-hybridized carbons (Fsp3) is 0.167. The summed E-state index contributed by atoms with van der Waals surface area (Å²) in [6, 6.07) is 33.4. The minimum absolute atomic E-state index is 0. The Kier molecular flexibility index (Phi) is 10.6. The van der Waals surface area contributed by atoms with Gasteiger partial charge in [-0.15, -0.1) is 12.1 Å². The molecule has 4 nitrogen and oxygen atoms in total. The van der Waals surface area contributed by atoms with Crippen molar-refractivity contribution >= 4 is 19.7 Å². The van der Waals surface area contributed by atoms with Crippen molar-refractivity contribution in [2.24, 2.45) is 0 Å². The van der Waals surface area contributed by atoms with Crippen LogP contribution in [-0.4, -0.2) is 14.2 Å². The largest absolute Gasteiger partial charge is 0.672 e. The number of nitrogens with zero attached hydrogens (tertiary/aromatic N) is 1. The Bertz CT molecular complexity index is 1340. The van der Waals surface area contributed by atoms with E-state index in [1.807, 2.05) is 102 Å². The van der Waals surface area contributed by atoms with Crippen LogP contribution in [0.5, 0.6) is 0 Å². The van der Waals surface area contributed by atoms with E-state index < -0.39 is 22.1 Å². The average Bonchev–Trinajstić information content (AvgIpc) is 3.26. The van der Waals surface area contributed by atoms with Gasteiger partial charge in [0.15, 0.2) is 0 Å². The van der Waals surface area contributed by atoms with Gasteiger partial charge >= 0.3 is 27.0 Å². The number of hydrogen-bond acceptors (Lipinski definition) is 2. The van der Waals surface area contributed by atoms with Crippen LogP contribution >= 0.6 is 9.69 Å². The third kappa shape index (κ3) is 6.76. The Morgan fingerprint density at radius 1 is 0.730 bits per heavy atom. The van der Waals surface area contributed by atoms with E-state index in [1.54, 1.807) is 0 Å². The van der Waals surface area contributed by atoms with Crippen molar-refractivity contribution in [1.82, 2.24) is 0 Å². The van der Waals surface area contributed by atoms with E-state index in [-0.39, 0.29) is 19.1 Å². The maximum atomic E-state index is 13.3. The summed E-state index contributed by atoms with van der Waals surface area (Å²) in [5, 5.41) is 0. The molecular formula is C30H29ClN2O2RuS. The molecule has 0 aliphatic heterocycles. The number of benzene rings is 4. The second-order valence-electron chi connectivity index (χ2n) is 8.65. The fourth-order valence-electron chi connectivity index (χ4n) is 4.87. The van der Waals surface area contributed by atoms with Crippen molar-refractivity contribution in [3.8, 4) is 11.1 Å². The van der Waals surface area contributed by atoms with Crippen molar-refractivity contribution in [3.05, 3.63) is 149 Å². The summed E-state index contributed by atoms with van der Waals surface area (Å²) >= 11 is 1.82. The number of hydrogen-bond donors (Lipinski definition) is 0. The summed E-state index contributed by atoms with van der Waals surface area (Å²) in [5.41, 5.74) is 15.0. The quantitative estimate of drug-likeness (QED) is 0.147. The molecule has 0 amide bonds. The van der Waals surface area contributed by atoms with Crippen LogP contribution < -0.4 is 0 Å². The van der Waals surface area contributed by atoms with Gasteiger partial charge in [0.2, 0.25) is 0 Å². The summed E-state index contributed by atoms with van der Waals surface area (Å²) in [6.07, 6.45) is 0.454. The van der Waals surface area contributed by atoms with Crippen LogP contribution in [0.15, 0.2) is 109 Å². The third-order valence-corrected chi connectivity index (χ3v) is 7.82. The van der Waals surface area contributed by atoms with Gasteiger partial charge < -0.3 is 17.9 Å². The Morgan fingerprint density at radius 2 is 1.16 bits per heavy atom. The van der Waals surface area contributed by atoms with Crippen LogP contribution in [0.2, 0.25) is 0 Å². The van der Waals surface area contributed by atoms with Crippen molar-refractivity contribution in [1.29, 1.82) is 0 Å². The van der Waals surface area contributed by atoms with Crippen molar-refractivity contribution in [3.63, 3.8) is 0 Å². The monoisotopic (exact) mass is 618 g/mol. The molecule has 0 aromatic heterocycles. The third-order valence-electron chi connectivity index (χ3n) is 6.52. The first kappa shape index (κ1) is 29.2. The number of halogens is 1. The minimum atomic E-state index is -3.77. The predicted molar refractivity (Wildman–Crippen MR) is 150 cm³/mol. The number of sulfonamides is 1. The van der Waals surface area contributed by atoms with E-state index in [0.29, 0.717) is 6.42 Å². The zero-order valence-corrected chi connectivity index (χ0v) is 23.8. The summed E-state index contributed by atoms with van der Waals surface area (Å²) in [7, 11) is 0.799. The smallest absolute Gasteiger partial charge is 0.0725 e. The van der Waals surface area contributed by atoms with E-state index in [1.165, 1.54) is 22.3 Å². The molecule has 1 N–H and O–H groups in total. The first-order valence-electron chi connectivity index (χ1n) is 11.6. The molecule has 4 aromatic rings. The van der Waals surface area contributed by atoms with Gasteiger partial charge in [0.05, 0.1) is 10.0 Å². The molecule has 2 unspecified atom stereocenters. The number of nitrogens with one attached hydrogen (secondary N) is 1. The Balaban J connectivity index is 0.00000124. The normalized spacial score (nSPS) is 13.8. The number of rotatable bonds is 8. The number of fused-ring (bicyclic) bond motifs is 3. The van der Waals surface area contributed by atoms with E-state index in [4.69, 9.17) is 5.73 Å². The zero-order valence-electron chi connectivity index (χ0n) is 20.4. The van der Waals surface area contributed by atoms with Crippen molar-refractivity contribution in [2.75, 3.05) is 5.75 Å². The van der Waals surface area contributed by atoms with E-state index in [2.05, 4.69) is 38.7 Å². The molecule has 2 atom stereocenters. The first-order chi connectivity index (χ1) is 17.5. The molecule has 37 heavy (non-hydrogen) atoms. The van der Waals surface area contributed by atoms with Gasteiger partial charge in [-0.25, -0.2) is 8.42 Å². The van der Waals surface area contributed by atoms with Crippen LogP contribution in [0.25, 0.3) is 21.6 Å². The van der Waals surface area contributed by atoms with Gasteiger partial charge in [-0.3, -0.25) is 0 Å². The molecule has 1 aliphatic carbocycles. The molecular weight excluding hydrogens is 589 g/mol. The van der Waals surface area contributed by atoms with Crippen LogP contribution in [-0.2, 0) is 27.3 Å². The van der Waals surface area contributed by atoms with Crippen molar-refractivity contribution in [2.45, 2.75) is 24.4 Å². The molecule has 0 radical (unpaired) electrons. The SMILES string of the molecule is [CH3-].[Cl][Ru+3].[NH-]C(c1ccccc1)C([N-]S(=O)(=O)CCC1c2ccccc2-c2ccccc21)c1ccccc1. The summed E-state index contributed by atoms with van der Waals surface area (Å²) in [5.74, 6) is -0.0426. The van der Waals surface area contributed by atoms with Gasteiger partial charge in [0.25, 0.3) is 0 Å². The van der Waals surface area contributed by atoms with E-state index in [0.717, 1.165) is 11.1 Å². The summed E-state index contributed by atoms with van der Waals surface area (Å²) < 4.78 is 30.9. The van der Waals surface area contributed by atoms with Gasteiger partial charge in [-0.2, -0.15) is 0 Å². The standard InChI is InChI=1S/C29H26N2O2S.CH3.ClH.Ru/c30-28(21-11-3-1-4-12-21)29(22-13-5-2-6-14-22)31-34(32,33)20-19-27-25-17-9-7-15-23(25)24-16-8-10-18-26(24)27;;;/h1-18,27-30H,19-20H2;1H3;1H;/q-2;-1;;+4/p-1. The summed E-state index contributed by atoms with van der Waals surface area (Å²) in [4.78, 5) is 0. The van der Waals surface area contributed by atoms with Crippen LogP contribution in [0.1, 0.15) is 46.7 Å². The molecule has 0 heterocycles. The average molecular weight is 618 g/mol. The van der Waals surface area contributed by atoms with Gasteiger partial charge in [-0.1, -0.05) is 120 Å². The summed E-state index contributed by atoms with van der Waals surface area (Å²) in [6.45, 7) is 0. The first-order valence-corrected chi connectivity index (χ1v) is 15.5. The molecule has 0 saturated heterocycles. The second-order valence-corrected chi connectivity index (χ2v) is 10.4. The van der Waals surface area contributed by atoms with Crippen molar-refractivity contribution < 1.29 is 25.7 Å². The molecule has 7 heteroatoms. The topological polar surface area (TPSA) is 72.0 Å². The van der Waals surface area contributed by atoms with E-state index in [9.17, 15) is 8.42 Å². The van der Waals surface area contributed by atoms with Gasteiger partial charge in [0, 0.05) is 11.7 Å². The zero-order chi connectivity index (χ0) is 25.5. The molecule has 0 fully saturated rings. The Labute approximate surface area is 235 Å². The van der Waals surface area contributed by atoms with Gasteiger partial charge in [-0.05, 0) is 28.7 Å². The predicted octanol–water partition coefficient (Wildman–Crippen LogP) is 8.56.